The summed E-state index contributed by atoms with van der Waals surface area (Å²) < 4.78 is 48.4. The molecule has 0 aliphatic heterocycles. The number of alkyl halides is 3. The van der Waals surface area contributed by atoms with Crippen molar-refractivity contribution in [1.82, 2.24) is 5.32 Å². The molecule has 1 aromatic carbocycles. The Labute approximate surface area is 123 Å². The minimum atomic E-state index is -4.40. The molecule has 6 heteroatoms. The number of hydrogen-bond acceptors (Lipinski definition) is 3. The smallest absolute Gasteiger partial charge is 0.425 e. The Morgan fingerprint density at radius 2 is 1.81 bits per heavy atom. The normalized spacial score (nSPS) is 14.6. The summed E-state index contributed by atoms with van der Waals surface area (Å²) >= 11 is 0. The topological polar surface area (TPSA) is 30.5 Å². The highest BCUT2D eigenvalue weighted by Gasteiger charge is 2.38. The number of ether oxygens (including phenoxy) is 2. The van der Waals surface area contributed by atoms with Gasteiger partial charge in [0.1, 0.15) is 11.5 Å². The van der Waals surface area contributed by atoms with Gasteiger partial charge in [-0.2, -0.15) is 13.2 Å². The van der Waals surface area contributed by atoms with Gasteiger partial charge >= 0.3 is 6.18 Å². The monoisotopic (exact) mass is 305 g/mol. The van der Waals surface area contributed by atoms with E-state index < -0.39 is 12.3 Å². The SMILES string of the molecule is CCCNC(C)c1c(OC)cccc1OC(C)C(F)(F)F. The van der Waals surface area contributed by atoms with Crippen LogP contribution in [0.1, 0.15) is 38.8 Å². The second-order valence-electron chi connectivity index (χ2n) is 4.85. The molecule has 0 saturated heterocycles. The highest BCUT2D eigenvalue weighted by Crippen LogP contribution is 2.36. The molecule has 0 bridgehead atoms. The lowest BCUT2D eigenvalue weighted by Crippen LogP contribution is -2.32. The van der Waals surface area contributed by atoms with Gasteiger partial charge in [-0.1, -0.05) is 13.0 Å². The van der Waals surface area contributed by atoms with Crippen molar-refractivity contribution in [3.8, 4) is 11.5 Å². The Bertz CT molecular complexity index is 449. The minimum Gasteiger partial charge on any atom is -0.496 e. The molecule has 0 amide bonds. The first-order chi connectivity index (χ1) is 9.81. The van der Waals surface area contributed by atoms with Crippen LogP contribution < -0.4 is 14.8 Å². The average Bonchev–Trinajstić information content (AvgIpc) is 2.43. The fourth-order valence-corrected chi connectivity index (χ4v) is 1.95. The first-order valence-electron chi connectivity index (χ1n) is 6.94. The van der Waals surface area contributed by atoms with Gasteiger partial charge in [0, 0.05) is 6.04 Å². The van der Waals surface area contributed by atoms with Crippen LogP contribution in [0, 0.1) is 0 Å². The number of halogens is 3. The van der Waals surface area contributed by atoms with E-state index in [1.165, 1.54) is 13.2 Å². The Morgan fingerprint density at radius 3 is 2.33 bits per heavy atom. The van der Waals surface area contributed by atoms with Crippen molar-refractivity contribution >= 4 is 0 Å². The van der Waals surface area contributed by atoms with Crippen molar-refractivity contribution in [1.29, 1.82) is 0 Å². The molecular formula is C15H22F3NO2. The molecule has 0 radical (unpaired) electrons. The average molecular weight is 305 g/mol. The van der Waals surface area contributed by atoms with Crippen LogP contribution in [0.2, 0.25) is 0 Å². The first kappa shape index (κ1) is 17.6. The molecule has 0 spiro atoms. The van der Waals surface area contributed by atoms with Crippen molar-refractivity contribution in [2.45, 2.75) is 45.5 Å². The molecule has 0 aliphatic carbocycles. The van der Waals surface area contributed by atoms with E-state index in [1.54, 1.807) is 12.1 Å². The predicted molar refractivity (Wildman–Crippen MR) is 75.8 cm³/mol. The van der Waals surface area contributed by atoms with Crippen LogP contribution in [0.25, 0.3) is 0 Å². The van der Waals surface area contributed by atoms with Gasteiger partial charge in [0.25, 0.3) is 0 Å². The van der Waals surface area contributed by atoms with Crippen molar-refractivity contribution in [3.63, 3.8) is 0 Å². The van der Waals surface area contributed by atoms with Gasteiger partial charge in [0.2, 0.25) is 0 Å². The van der Waals surface area contributed by atoms with E-state index in [0.717, 1.165) is 19.9 Å². The molecule has 2 unspecified atom stereocenters. The van der Waals surface area contributed by atoms with Gasteiger partial charge in [0.05, 0.1) is 12.7 Å². The van der Waals surface area contributed by atoms with Crippen LogP contribution in [0.5, 0.6) is 11.5 Å². The summed E-state index contributed by atoms with van der Waals surface area (Å²) in [6, 6.07) is 4.69. The summed E-state index contributed by atoms with van der Waals surface area (Å²) in [5, 5.41) is 3.23. The maximum atomic E-state index is 12.7. The number of benzene rings is 1. The first-order valence-corrected chi connectivity index (χ1v) is 6.94. The zero-order valence-corrected chi connectivity index (χ0v) is 12.8. The van der Waals surface area contributed by atoms with Crippen LogP contribution >= 0.6 is 0 Å². The fraction of sp³-hybridized carbons (Fsp3) is 0.600. The minimum absolute atomic E-state index is 0.170. The molecule has 120 valence electrons. The Hall–Kier alpha value is -1.43. The maximum absolute atomic E-state index is 12.7. The highest BCUT2D eigenvalue weighted by atomic mass is 19.4. The lowest BCUT2D eigenvalue weighted by molar-refractivity contribution is -0.189. The van der Waals surface area contributed by atoms with E-state index in [2.05, 4.69) is 5.32 Å². The number of hydrogen-bond donors (Lipinski definition) is 1. The van der Waals surface area contributed by atoms with Crippen molar-refractivity contribution in [3.05, 3.63) is 23.8 Å². The molecule has 0 saturated carbocycles. The van der Waals surface area contributed by atoms with Crippen molar-refractivity contribution < 1.29 is 22.6 Å². The molecule has 1 N–H and O–H groups in total. The molecule has 0 heterocycles. The van der Waals surface area contributed by atoms with Gasteiger partial charge in [-0.05, 0) is 38.9 Å². The van der Waals surface area contributed by atoms with Gasteiger partial charge in [-0.3, -0.25) is 0 Å². The van der Waals surface area contributed by atoms with Gasteiger partial charge in [-0.25, -0.2) is 0 Å². The van der Waals surface area contributed by atoms with E-state index >= 15 is 0 Å². The summed E-state index contributed by atoms with van der Waals surface area (Å²) in [6.07, 6.45) is -5.35. The standard InChI is InChI=1S/C15H22F3NO2/c1-5-9-19-10(2)14-12(20-4)7-6-8-13(14)21-11(3)15(16,17)18/h6-8,10-11,19H,5,9H2,1-4H3. The molecule has 1 rings (SSSR count). The third-order valence-electron chi connectivity index (χ3n) is 3.14. The Morgan fingerprint density at radius 1 is 1.19 bits per heavy atom. The number of methoxy groups -OCH3 is 1. The van der Waals surface area contributed by atoms with Gasteiger partial charge < -0.3 is 14.8 Å². The summed E-state index contributed by atoms with van der Waals surface area (Å²) in [4.78, 5) is 0. The van der Waals surface area contributed by atoms with Gasteiger partial charge in [-0.15, -0.1) is 0 Å². The number of rotatable bonds is 7. The molecule has 1 aromatic rings. The quantitative estimate of drug-likeness (QED) is 0.823. The van der Waals surface area contributed by atoms with Crippen LogP contribution in [0.4, 0.5) is 13.2 Å². The molecule has 2 atom stereocenters. The van der Waals surface area contributed by atoms with Crippen LogP contribution in [-0.2, 0) is 0 Å². The van der Waals surface area contributed by atoms with E-state index in [9.17, 15) is 13.2 Å². The summed E-state index contributed by atoms with van der Waals surface area (Å²) in [6.45, 7) is 5.64. The zero-order chi connectivity index (χ0) is 16.0. The predicted octanol–water partition coefficient (Wildman–Crippen LogP) is 4.09. The lowest BCUT2D eigenvalue weighted by Gasteiger charge is -2.24. The van der Waals surface area contributed by atoms with Crippen molar-refractivity contribution in [2.75, 3.05) is 13.7 Å². The molecule has 0 fully saturated rings. The molecule has 3 nitrogen and oxygen atoms in total. The van der Waals surface area contributed by atoms with Crippen LogP contribution in [0.15, 0.2) is 18.2 Å². The Balaban J connectivity index is 3.08. The largest absolute Gasteiger partial charge is 0.496 e. The van der Waals surface area contributed by atoms with Crippen molar-refractivity contribution in [2.24, 2.45) is 0 Å². The third kappa shape index (κ3) is 4.81. The van der Waals surface area contributed by atoms with E-state index in [-0.39, 0.29) is 11.8 Å². The summed E-state index contributed by atoms with van der Waals surface area (Å²) in [7, 11) is 1.49. The second kappa shape index (κ2) is 7.54. The molecule has 21 heavy (non-hydrogen) atoms. The summed E-state index contributed by atoms with van der Waals surface area (Å²) in [5.41, 5.74) is 0.601. The lowest BCUT2D eigenvalue weighted by atomic mass is 10.1. The third-order valence-corrected chi connectivity index (χ3v) is 3.14. The number of nitrogens with one attached hydrogen (secondary N) is 1. The Kier molecular flexibility index (Phi) is 6.33. The maximum Gasteiger partial charge on any atom is 0.425 e. The molecule has 0 aliphatic rings. The van der Waals surface area contributed by atoms with E-state index in [0.29, 0.717) is 11.3 Å². The summed E-state index contributed by atoms with van der Waals surface area (Å²) in [5.74, 6) is 0.702. The second-order valence-corrected chi connectivity index (χ2v) is 4.85. The van der Waals surface area contributed by atoms with E-state index in [4.69, 9.17) is 9.47 Å². The zero-order valence-electron chi connectivity index (χ0n) is 12.8. The molecular weight excluding hydrogens is 283 g/mol. The van der Waals surface area contributed by atoms with Gasteiger partial charge in [0.15, 0.2) is 6.10 Å². The van der Waals surface area contributed by atoms with Crippen LogP contribution in [0.3, 0.4) is 0 Å². The van der Waals surface area contributed by atoms with E-state index in [1.807, 2.05) is 13.8 Å². The molecule has 0 aromatic heterocycles. The highest BCUT2D eigenvalue weighted by molar-refractivity contribution is 5.47. The fourth-order valence-electron chi connectivity index (χ4n) is 1.95. The van der Waals surface area contributed by atoms with Crippen LogP contribution in [-0.4, -0.2) is 25.9 Å².